The fraction of sp³-hybridized carbons (Fsp3) is 0.818. The molecule has 3 heterocycles. The Hall–Kier alpha value is -1.20. The standard InChI is InChI=1S/C22H39N5/c1-17(2)25(6)12-8-7-9-18-13-23-21(24-14-18)27-19-10-11-20(27)16-26(15-19)22(3,4)5/h13-14,17,19-20H,7-12,15-16H2,1-6H3. The van der Waals surface area contributed by atoms with E-state index in [1.807, 2.05) is 0 Å². The number of fused-ring (bicyclic) bond motifs is 2. The van der Waals surface area contributed by atoms with Gasteiger partial charge in [0.15, 0.2) is 0 Å². The van der Waals surface area contributed by atoms with Gasteiger partial charge in [0.1, 0.15) is 0 Å². The van der Waals surface area contributed by atoms with Gasteiger partial charge in [-0.1, -0.05) is 0 Å². The first-order valence-electron chi connectivity index (χ1n) is 10.8. The molecule has 0 aromatic carbocycles. The summed E-state index contributed by atoms with van der Waals surface area (Å²) in [6.07, 6.45) is 10.2. The van der Waals surface area contributed by atoms with Gasteiger partial charge in [0.25, 0.3) is 0 Å². The van der Waals surface area contributed by atoms with Gasteiger partial charge in [-0.15, -0.1) is 0 Å². The molecule has 152 valence electrons. The van der Waals surface area contributed by atoms with Gasteiger partial charge in [-0.2, -0.15) is 0 Å². The molecule has 2 aliphatic rings. The number of unbranched alkanes of at least 4 members (excludes halogenated alkanes) is 1. The molecular weight excluding hydrogens is 334 g/mol. The van der Waals surface area contributed by atoms with Crippen LogP contribution < -0.4 is 4.90 Å². The molecule has 5 nitrogen and oxygen atoms in total. The van der Waals surface area contributed by atoms with E-state index in [-0.39, 0.29) is 5.54 Å². The lowest BCUT2D eigenvalue weighted by atomic mass is 10.0. The van der Waals surface area contributed by atoms with Crippen LogP contribution in [0.25, 0.3) is 0 Å². The van der Waals surface area contributed by atoms with Gasteiger partial charge >= 0.3 is 0 Å². The van der Waals surface area contributed by atoms with Crippen molar-refractivity contribution in [1.82, 2.24) is 19.8 Å². The molecule has 0 saturated carbocycles. The van der Waals surface area contributed by atoms with Crippen LogP contribution in [0.3, 0.4) is 0 Å². The van der Waals surface area contributed by atoms with Crippen LogP contribution in [-0.2, 0) is 6.42 Å². The predicted molar refractivity (Wildman–Crippen MR) is 113 cm³/mol. The molecule has 2 bridgehead atoms. The highest BCUT2D eigenvalue weighted by Crippen LogP contribution is 2.35. The van der Waals surface area contributed by atoms with Crippen LogP contribution in [-0.4, -0.2) is 70.1 Å². The number of aryl methyl sites for hydroxylation is 1. The molecular formula is C22H39N5. The van der Waals surface area contributed by atoms with Crippen LogP contribution in [0.15, 0.2) is 12.4 Å². The summed E-state index contributed by atoms with van der Waals surface area (Å²) in [4.78, 5) is 17.1. The Kier molecular flexibility index (Phi) is 6.42. The van der Waals surface area contributed by atoms with Gasteiger partial charge < -0.3 is 9.80 Å². The normalized spacial score (nSPS) is 23.6. The van der Waals surface area contributed by atoms with E-state index < -0.39 is 0 Å². The summed E-state index contributed by atoms with van der Waals surface area (Å²) < 4.78 is 0. The van der Waals surface area contributed by atoms with Crippen molar-refractivity contribution in [2.24, 2.45) is 0 Å². The van der Waals surface area contributed by atoms with Gasteiger partial charge in [-0.05, 0) is 85.9 Å². The Morgan fingerprint density at radius 3 is 2.19 bits per heavy atom. The third-order valence-corrected chi connectivity index (χ3v) is 6.46. The molecule has 1 aromatic heterocycles. The largest absolute Gasteiger partial charge is 0.332 e. The number of anilines is 1. The first kappa shape index (κ1) is 20.5. The second-order valence-electron chi connectivity index (χ2n) is 9.79. The van der Waals surface area contributed by atoms with E-state index in [0.29, 0.717) is 18.1 Å². The third-order valence-electron chi connectivity index (χ3n) is 6.46. The zero-order valence-corrected chi connectivity index (χ0v) is 18.3. The Morgan fingerprint density at radius 2 is 1.67 bits per heavy atom. The molecule has 0 amide bonds. The number of likely N-dealkylation sites (tertiary alicyclic amines) is 1. The summed E-state index contributed by atoms with van der Waals surface area (Å²) in [5.41, 5.74) is 1.52. The predicted octanol–water partition coefficient (Wildman–Crippen LogP) is 3.59. The van der Waals surface area contributed by atoms with Crippen LogP contribution in [0.2, 0.25) is 0 Å². The maximum Gasteiger partial charge on any atom is 0.225 e. The van der Waals surface area contributed by atoms with Gasteiger partial charge in [-0.25, -0.2) is 9.97 Å². The first-order valence-corrected chi connectivity index (χ1v) is 10.8. The average Bonchev–Trinajstić information content (AvgIpc) is 2.87. The number of hydrogen-bond acceptors (Lipinski definition) is 5. The summed E-state index contributed by atoms with van der Waals surface area (Å²) in [5, 5.41) is 0. The average molecular weight is 374 g/mol. The monoisotopic (exact) mass is 373 g/mol. The summed E-state index contributed by atoms with van der Waals surface area (Å²) in [6, 6.07) is 1.77. The van der Waals surface area contributed by atoms with Crippen molar-refractivity contribution in [3.8, 4) is 0 Å². The molecule has 2 aliphatic heterocycles. The zero-order valence-electron chi connectivity index (χ0n) is 18.3. The van der Waals surface area contributed by atoms with E-state index in [4.69, 9.17) is 9.97 Å². The minimum atomic E-state index is 0.251. The maximum atomic E-state index is 4.76. The number of piperazine rings is 1. The molecule has 0 N–H and O–H groups in total. The molecule has 2 atom stereocenters. The van der Waals surface area contributed by atoms with Crippen molar-refractivity contribution in [1.29, 1.82) is 0 Å². The number of hydrogen-bond donors (Lipinski definition) is 0. The fourth-order valence-corrected chi connectivity index (χ4v) is 4.34. The second-order valence-corrected chi connectivity index (χ2v) is 9.79. The minimum absolute atomic E-state index is 0.251. The minimum Gasteiger partial charge on any atom is -0.332 e. The molecule has 0 spiro atoms. The van der Waals surface area contributed by atoms with Crippen molar-refractivity contribution < 1.29 is 0 Å². The van der Waals surface area contributed by atoms with Crippen LogP contribution in [0.5, 0.6) is 0 Å². The molecule has 2 saturated heterocycles. The van der Waals surface area contributed by atoms with Gasteiger partial charge in [0, 0.05) is 49.1 Å². The number of rotatable bonds is 7. The number of nitrogens with zero attached hydrogens (tertiary/aromatic N) is 5. The molecule has 0 aliphatic carbocycles. The Balaban J connectivity index is 1.52. The lowest BCUT2D eigenvalue weighted by Gasteiger charge is -2.46. The Labute approximate surface area is 166 Å². The molecule has 3 rings (SSSR count). The van der Waals surface area contributed by atoms with Gasteiger partial charge in [0.2, 0.25) is 5.95 Å². The van der Waals surface area contributed by atoms with Crippen molar-refractivity contribution in [2.45, 2.75) is 90.4 Å². The van der Waals surface area contributed by atoms with Gasteiger partial charge in [0.05, 0.1) is 0 Å². The van der Waals surface area contributed by atoms with E-state index in [9.17, 15) is 0 Å². The van der Waals surface area contributed by atoms with Crippen molar-refractivity contribution in [2.75, 3.05) is 31.6 Å². The van der Waals surface area contributed by atoms with E-state index in [1.165, 1.54) is 31.2 Å². The van der Waals surface area contributed by atoms with Crippen molar-refractivity contribution in [3.05, 3.63) is 18.0 Å². The summed E-state index contributed by atoms with van der Waals surface area (Å²) in [5.74, 6) is 0.944. The summed E-state index contributed by atoms with van der Waals surface area (Å²) in [6.45, 7) is 14.9. The highest BCUT2D eigenvalue weighted by atomic mass is 15.4. The van der Waals surface area contributed by atoms with E-state index in [0.717, 1.165) is 32.0 Å². The van der Waals surface area contributed by atoms with Crippen LogP contribution in [0, 0.1) is 0 Å². The van der Waals surface area contributed by atoms with Crippen LogP contribution >= 0.6 is 0 Å². The van der Waals surface area contributed by atoms with E-state index >= 15 is 0 Å². The summed E-state index contributed by atoms with van der Waals surface area (Å²) >= 11 is 0. The molecule has 27 heavy (non-hydrogen) atoms. The SMILES string of the molecule is CC(C)N(C)CCCCc1cnc(N2C3CCC2CN(C(C)(C)C)C3)nc1. The quantitative estimate of drug-likeness (QED) is 0.683. The van der Waals surface area contributed by atoms with Crippen molar-refractivity contribution in [3.63, 3.8) is 0 Å². The lowest BCUT2D eigenvalue weighted by molar-refractivity contribution is 0.105. The molecule has 0 radical (unpaired) electrons. The molecule has 1 aromatic rings. The first-order chi connectivity index (χ1) is 12.8. The second kappa shape index (κ2) is 8.44. The van der Waals surface area contributed by atoms with Crippen LogP contribution in [0.1, 0.15) is 65.9 Å². The van der Waals surface area contributed by atoms with E-state index in [2.05, 4.69) is 68.8 Å². The molecule has 5 heteroatoms. The highest BCUT2D eigenvalue weighted by Gasteiger charge is 2.43. The summed E-state index contributed by atoms with van der Waals surface area (Å²) in [7, 11) is 2.20. The maximum absolute atomic E-state index is 4.76. The molecule has 2 unspecified atom stereocenters. The topological polar surface area (TPSA) is 35.5 Å². The Bertz CT molecular complexity index is 578. The smallest absolute Gasteiger partial charge is 0.225 e. The van der Waals surface area contributed by atoms with Gasteiger partial charge in [-0.3, -0.25) is 4.90 Å². The highest BCUT2D eigenvalue weighted by molar-refractivity contribution is 5.38. The Morgan fingerprint density at radius 1 is 1.07 bits per heavy atom. The van der Waals surface area contributed by atoms with Crippen LogP contribution in [0.4, 0.5) is 5.95 Å². The molecule has 2 fully saturated rings. The zero-order chi connectivity index (χ0) is 19.6. The van der Waals surface area contributed by atoms with Crippen molar-refractivity contribution >= 4 is 5.95 Å². The fourth-order valence-electron chi connectivity index (χ4n) is 4.34. The lowest BCUT2D eigenvalue weighted by Crippen LogP contribution is -2.59. The number of aromatic nitrogens is 2. The van der Waals surface area contributed by atoms with E-state index in [1.54, 1.807) is 0 Å². The third kappa shape index (κ3) is 5.00.